The third kappa shape index (κ3) is 3.51. The Morgan fingerprint density at radius 1 is 0.935 bits per heavy atom. The van der Waals surface area contributed by atoms with Crippen molar-refractivity contribution in [3.63, 3.8) is 0 Å². The lowest BCUT2D eigenvalue weighted by Crippen LogP contribution is -2.35. The minimum Gasteiger partial charge on any atom is -0.339 e. The third-order valence-electron chi connectivity index (χ3n) is 6.45. The van der Waals surface area contributed by atoms with Crippen LogP contribution in [-0.2, 0) is 6.42 Å². The van der Waals surface area contributed by atoms with Gasteiger partial charge in [0.15, 0.2) is 0 Å². The van der Waals surface area contributed by atoms with Crippen molar-refractivity contribution >= 4 is 23.0 Å². The number of anilines is 3. The Kier molecular flexibility index (Phi) is 5.24. The molecular formula is C27H29N3O. The van der Waals surface area contributed by atoms with Crippen molar-refractivity contribution in [1.29, 1.82) is 0 Å². The van der Waals surface area contributed by atoms with Crippen LogP contribution in [0.2, 0.25) is 0 Å². The quantitative estimate of drug-likeness (QED) is 0.561. The molecule has 2 aliphatic heterocycles. The van der Waals surface area contributed by atoms with Crippen LogP contribution in [0.5, 0.6) is 0 Å². The minimum atomic E-state index is 0.00635. The normalized spacial score (nSPS) is 16.8. The number of hydrogen-bond acceptors (Lipinski definition) is 3. The molecule has 4 heteroatoms. The van der Waals surface area contributed by atoms with E-state index in [0.717, 1.165) is 49.3 Å². The number of hydrogen-bond donors (Lipinski definition) is 0. The molecule has 1 amide bonds. The number of carbonyl (C=O) groups is 1. The highest BCUT2D eigenvalue weighted by molar-refractivity contribution is 6.09. The van der Waals surface area contributed by atoms with E-state index < -0.39 is 0 Å². The van der Waals surface area contributed by atoms with Crippen molar-refractivity contribution in [3.05, 3.63) is 89.5 Å². The monoisotopic (exact) mass is 411 g/mol. The van der Waals surface area contributed by atoms with Crippen LogP contribution in [0.4, 0.5) is 17.1 Å². The lowest BCUT2D eigenvalue weighted by atomic mass is 9.95. The van der Waals surface area contributed by atoms with Crippen LogP contribution in [0.1, 0.15) is 40.4 Å². The van der Waals surface area contributed by atoms with Crippen LogP contribution in [-0.4, -0.2) is 38.0 Å². The van der Waals surface area contributed by atoms with E-state index in [1.165, 1.54) is 16.8 Å². The Labute approximate surface area is 184 Å². The van der Waals surface area contributed by atoms with Crippen LogP contribution in [0, 0.1) is 0 Å². The van der Waals surface area contributed by atoms with Gasteiger partial charge in [-0.1, -0.05) is 48.5 Å². The smallest absolute Gasteiger partial charge is 0.258 e. The van der Waals surface area contributed by atoms with Gasteiger partial charge in [-0.3, -0.25) is 9.69 Å². The summed E-state index contributed by atoms with van der Waals surface area (Å²) in [5.74, 6) is 0.0710. The number of fused-ring (bicyclic) bond motifs is 2. The second kappa shape index (κ2) is 8.20. The number of benzene rings is 3. The van der Waals surface area contributed by atoms with Gasteiger partial charge < -0.3 is 9.80 Å². The molecule has 3 aromatic rings. The summed E-state index contributed by atoms with van der Waals surface area (Å²) in [6.45, 7) is 1.96. The van der Waals surface area contributed by atoms with Crippen molar-refractivity contribution in [2.24, 2.45) is 0 Å². The molecule has 31 heavy (non-hydrogen) atoms. The topological polar surface area (TPSA) is 26.8 Å². The van der Waals surface area contributed by atoms with Crippen molar-refractivity contribution in [1.82, 2.24) is 4.90 Å². The Hall–Kier alpha value is -3.11. The highest BCUT2D eigenvalue weighted by atomic mass is 16.2. The van der Waals surface area contributed by atoms with Gasteiger partial charge in [-0.05, 0) is 75.3 Å². The van der Waals surface area contributed by atoms with E-state index >= 15 is 0 Å². The summed E-state index contributed by atoms with van der Waals surface area (Å²) in [5, 5.41) is 0. The fourth-order valence-corrected chi connectivity index (χ4v) is 5.06. The van der Waals surface area contributed by atoms with Gasteiger partial charge in [0, 0.05) is 17.8 Å². The van der Waals surface area contributed by atoms with Crippen molar-refractivity contribution in [2.75, 3.05) is 37.0 Å². The third-order valence-corrected chi connectivity index (χ3v) is 6.45. The fourth-order valence-electron chi connectivity index (χ4n) is 5.06. The summed E-state index contributed by atoms with van der Waals surface area (Å²) in [6.07, 6.45) is 3.01. The van der Waals surface area contributed by atoms with E-state index in [0.29, 0.717) is 0 Å². The highest BCUT2D eigenvalue weighted by Gasteiger charge is 2.38. The summed E-state index contributed by atoms with van der Waals surface area (Å²) < 4.78 is 0. The van der Waals surface area contributed by atoms with E-state index in [9.17, 15) is 4.79 Å². The molecular weight excluding hydrogens is 382 g/mol. The molecule has 0 saturated carbocycles. The van der Waals surface area contributed by atoms with Crippen LogP contribution in [0.25, 0.3) is 0 Å². The molecule has 158 valence electrons. The Morgan fingerprint density at radius 2 is 1.68 bits per heavy atom. The Morgan fingerprint density at radius 3 is 2.45 bits per heavy atom. The van der Waals surface area contributed by atoms with Gasteiger partial charge in [0.2, 0.25) is 0 Å². The van der Waals surface area contributed by atoms with Crippen LogP contribution in [0.3, 0.4) is 0 Å². The van der Waals surface area contributed by atoms with Crippen molar-refractivity contribution in [3.8, 4) is 0 Å². The molecule has 0 aromatic heterocycles. The molecule has 0 N–H and O–H groups in total. The minimum absolute atomic E-state index is 0.00635. The zero-order valence-corrected chi connectivity index (χ0v) is 18.3. The van der Waals surface area contributed by atoms with Gasteiger partial charge in [0.05, 0.1) is 17.4 Å². The second-order valence-corrected chi connectivity index (χ2v) is 8.75. The van der Waals surface area contributed by atoms with Gasteiger partial charge in [-0.2, -0.15) is 0 Å². The zero-order chi connectivity index (χ0) is 21.4. The van der Waals surface area contributed by atoms with E-state index in [4.69, 9.17) is 0 Å². The molecule has 4 nitrogen and oxygen atoms in total. The number of nitrogens with zero attached hydrogens (tertiary/aromatic N) is 3. The molecule has 5 rings (SSSR count). The van der Waals surface area contributed by atoms with E-state index in [-0.39, 0.29) is 11.9 Å². The molecule has 0 fully saturated rings. The van der Waals surface area contributed by atoms with Gasteiger partial charge in [-0.15, -0.1) is 0 Å². The average molecular weight is 412 g/mol. The van der Waals surface area contributed by atoms with Crippen LogP contribution < -0.4 is 9.80 Å². The van der Waals surface area contributed by atoms with Crippen molar-refractivity contribution < 1.29 is 4.79 Å². The highest BCUT2D eigenvalue weighted by Crippen LogP contribution is 2.50. The van der Waals surface area contributed by atoms with Gasteiger partial charge in [-0.25, -0.2) is 0 Å². The predicted octanol–water partition coefficient (Wildman–Crippen LogP) is 5.42. The molecule has 0 spiro atoms. The van der Waals surface area contributed by atoms with E-state index in [1.807, 2.05) is 36.4 Å². The lowest BCUT2D eigenvalue weighted by molar-refractivity contribution is 0.0974. The maximum absolute atomic E-state index is 13.9. The molecule has 0 saturated heterocycles. The summed E-state index contributed by atoms with van der Waals surface area (Å²) >= 11 is 0. The molecule has 0 aliphatic carbocycles. The Balaban J connectivity index is 1.69. The standard InChI is InChI=1S/C27H29N3O/c1-28(2)18-9-16-23-22-13-8-12-20-17-19-29(26(20)22)24-14-6-7-15-25(24)30(23)27(31)21-10-4-3-5-11-21/h3-8,10-15,23H,9,16-19H2,1-2H3. The average Bonchev–Trinajstić information content (AvgIpc) is 3.18. The summed E-state index contributed by atoms with van der Waals surface area (Å²) in [4.78, 5) is 20.6. The van der Waals surface area contributed by atoms with Crippen LogP contribution >= 0.6 is 0 Å². The summed E-state index contributed by atoms with van der Waals surface area (Å²) in [5.41, 5.74) is 6.85. The maximum atomic E-state index is 13.9. The fraction of sp³-hybridized carbons (Fsp3) is 0.296. The molecule has 3 aromatic carbocycles. The first-order valence-electron chi connectivity index (χ1n) is 11.2. The molecule has 2 aliphatic rings. The van der Waals surface area contributed by atoms with Gasteiger partial charge in [0.25, 0.3) is 5.91 Å². The predicted molar refractivity (Wildman–Crippen MR) is 127 cm³/mol. The zero-order valence-electron chi connectivity index (χ0n) is 18.3. The largest absolute Gasteiger partial charge is 0.339 e. The van der Waals surface area contributed by atoms with Crippen molar-refractivity contribution in [2.45, 2.75) is 25.3 Å². The number of para-hydroxylation sites is 3. The van der Waals surface area contributed by atoms with Gasteiger partial charge >= 0.3 is 0 Å². The Bertz CT molecular complexity index is 1090. The first-order chi connectivity index (χ1) is 15.1. The molecule has 0 radical (unpaired) electrons. The van der Waals surface area contributed by atoms with Gasteiger partial charge in [0.1, 0.15) is 0 Å². The SMILES string of the molecule is CN(C)CCCC1c2cccc3c2N(CC3)c2ccccc2N1C(=O)c1ccccc1. The molecule has 1 unspecified atom stereocenters. The molecule has 1 atom stereocenters. The van der Waals surface area contributed by atoms with Crippen LogP contribution in [0.15, 0.2) is 72.8 Å². The van der Waals surface area contributed by atoms with E-state index in [2.05, 4.69) is 65.2 Å². The lowest BCUT2D eigenvalue weighted by Gasteiger charge is -2.32. The molecule has 2 heterocycles. The second-order valence-electron chi connectivity index (χ2n) is 8.75. The maximum Gasteiger partial charge on any atom is 0.258 e. The first kappa shape index (κ1) is 19.8. The first-order valence-corrected chi connectivity index (χ1v) is 11.2. The number of carbonyl (C=O) groups excluding carboxylic acids is 1. The molecule has 0 bridgehead atoms. The summed E-state index contributed by atoms with van der Waals surface area (Å²) in [7, 11) is 4.22. The number of rotatable bonds is 5. The van der Waals surface area contributed by atoms with E-state index in [1.54, 1.807) is 0 Å². The number of amides is 1. The summed E-state index contributed by atoms with van der Waals surface area (Å²) in [6, 6.07) is 24.7.